The molecule has 6 aromatic rings. The maximum Gasteiger partial charge on any atom is 0.109 e. The molecule has 6 rings (SSSR count). The molecule has 0 heterocycles. The van der Waals surface area contributed by atoms with E-state index in [0.717, 1.165) is 44.0 Å². The summed E-state index contributed by atoms with van der Waals surface area (Å²) in [7, 11) is -4.64. The lowest BCUT2D eigenvalue weighted by atomic mass is 9.91. The normalized spacial score (nSPS) is 12.0. The van der Waals surface area contributed by atoms with Crippen LogP contribution < -0.4 is 10.6 Å². The van der Waals surface area contributed by atoms with Crippen LogP contribution in [-0.4, -0.2) is 26.7 Å². The standard InChI is InChI=1S/C38H34O2P2/c1-41(2,39)33-11-7-9-31(25-33)27-15-19-29(20-16-27)35-23-24-36(38-14-6-5-13-37(35)38)30-21-17-28(18-22-30)32-10-8-12-34(26-32)42(3,4)40/h5-26H,1-4H3. The van der Waals surface area contributed by atoms with E-state index in [4.69, 9.17) is 0 Å². The van der Waals surface area contributed by atoms with E-state index >= 15 is 0 Å². The molecule has 0 aliphatic heterocycles. The van der Waals surface area contributed by atoms with E-state index in [1.807, 2.05) is 63.1 Å². The average molecular weight is 585 g/mol. The minimum Gasteiger partial charge on any atom is -0.319 e. The Kier molecular flexibility index (Phi) is 7.40. The van der Waals surface area contributed by atoms with Gasteiger partial charge < -0.3 is 9.13 Å². The van der Waals surface area contributed by atoms with Gasteiger partial charge in [0, 0.05) is 10.6 Å². The van der Waals surface area contributed by atoms with Gasteiger partial charge in [-0.1, -0.05) is 121 Å². The number of hydrogen-bond donors (Lipinski definition) is 0. The summed E-state index contributed by atoms with van der Waals surface area (Å²) in [6, 6.07) is 46.5. The van der Waals surface area contributed by atoms with Gasteiger partial charge in [-0.2, -0.15) is 0 Å². The van der Waals surface area contributed by atoms with Gasteiger partial charge in [-0.3, -0.25) is 0 Å². The third kappa shape index (κ3) is 5.71. The summed E-state index contributed by atoms with van der Waals surface area (Å²) in [5, 5.41) is 4.22. The van der Waals surface area contributed by atoms with Crippen LogP contribution in [0.2, 0.25) is 0 Å². The first kappa shape index (κ1) is 28.2. The quantitative estimate of drug-likeness (QED) is 0.183. The predicted octanol–water partition coefficient (Wildman–Crippen LogP) is 10.0. The van der Waals surface area contributed by atoms with E-state index in [-0.39, 0.29) is 0 Å². The van der Waals surface area contributed by atoms with Crippen molar-refractivity contribution < 1.29 is 9.13 Å². The van der Waals surface area contributed by atoms with E-state index < -0.39 is 14.3 Å². The molecule has 0 aliphatic rings. The Morgan fingerprint density at radius 3 is 1.07 bits per heavy atom. The fourth-order valence-corrected chi connectivity index (χ4v) is 7.32. The van der Waals surface area contributed by atoms with Crippen LogP contribution in [0.5, 0.6) is 0 Å². The SMILES string of the molecule is CP(C)(=O)c1cccc(-c2ccc(-c3ccc(-c4ccc(-c5cccc(P(C)(C)=O)c5)cc4)c4ccccc34)cc2)c1. The lowest BCUT2D eigenvalue weighted by Gasteiger charge is -2.14. The van der Waals surface area contributed by atoms with Gasteiger partial charge in [0.25, 0.3) is 0 Å². The molecule has 0 radical (unpaired) electrons. The van der Waals surface area contributed by atoms with Crippen molar-refractivity contribution in [3.05, 3.63) is 133 Å². The van der Waals surface area contributed by atoms with Crippen molar-refractivity contribution in [1.29, 1.82) is 0 Å². The Labute approximate surface area is 248 Å². The molecule has 0 saturated carbocycles. The predicted molar refractivity (Wildman–Crippen MR) is 184 cm³/mol. The minimum atomic E-state index is -2.32. The third-order valence-electron chi connectivity index (χ3n) is 7.92. The smallest absolute Gasteiger partial charge is 0.109 e. The zero-order valence-electron chi connectivity index (χ0n) is 24.4. The van der Waals surface area contributed by atoms with E-state index in [1.54, 1.807) is 0 Å². The monoisotopic (exact) mass is 584 g/mol. The first-order valence-corrected chi connectivity index (χ1v) is 19.3. The van der Waals surface area contributed by atoms with E-state index in [9.17, 15) is 9.13 Å². The molecule has 0 atom stereocenters. The Bertz CT molecular complexity index is 1860. The van der Waals surface area contributed by atoms with Gasteiger partial charge in [0.15, 0.2) is 0 Å². The molecule has 6 aromatic carbocycles. The van der Waals surface area contributed by atoms with Crippen LogP contribution in [-0.2, 0) is 9.13 Å². The molecule has 0 spiro atoms. The molecule has 208 valence electrons. The first-order chi connectivity index (χ1) is 20.1. The van der Waals surface area contributed by atoms with Crippen molar-refractivity contribution in [2.24, 2.45) is 0 Å². The molecule has 4 heteroatoms. The van der Waals surface area contributed by atoms with Crippen LogP contribution in [0, 0.1) is 0 Å². The van der Waals surface area contributed by atoms with E-state index in [2.05, 4.69) is 97.1 Å². The summed E-state index contributed by atoms with van der Waals surface area (Å²) in [4.78, 5) is 0. The molecule has 42 heavy (non-hydrogen) atoms. The maximum absolute atomic E-state index is 12.6. The lowest BCUT2D eigenvalue weighted by Crippen LogP contribution is -2.02. The van der Waals surface area contributed by atoms with Gasteiger partial charge in [-0.25, -0.2) is 0 Å². The molecular weight excluding hydrogens is 550 g/mol. The van der Waals surface area contributed by atoms with Gasteiger partial charge in [0.05, 0.1) is 0 Å². The van der Waals surface area contributed by atoms with Gasteiger partial charge in [-0.05, 0) is 94.1 Å². The maximum atomic E-state index is 12.6. The Morgan fingerprint density at radius 1 is 0.357 bits per heavy atom. The van der Waals surface area contributed by atoms with Crippen LogP contribution in [0.25, 0.3) is 55.3 Å². The molecule has 0 aromatic heterocycles. The van der Waals surface area contributed by atoms with Crippen molar-refractivity contribution in [3.63, 3.8) is 0 Å². The van der Waals surface area contributed by atoms with Crippen molar-refractivity contribution in [3.8, 4) is 44.5 Å². The highest BCUT2D eigenvalue weighted by atomic mass is 31.2. The molecule has 0 amide bonds. The van der Waals surface area contributed by atoms with Gasteiger partial charge in [-0.15, -0.1) is 0 Å². The zero-order valence-corrected chi connectivity index (χ0v) is 26.2. The van der Waals surface area contributed by atoms with Crippen molar-refractivity contribution >= 4 is 35.7 Å². The number of hydrogen-bond acceptors (Lipinski definition) is 2. The van der Waals surface area contributed by atoms with Crippen molar-refractivity contribution in [2.75, 3.05) is 26.7 Å². The highest BCUT2D eigenvalue weighted by Gasteiger charge is 2.14. The summed E-state index contributed by atoms with van der Waals surface area (Å²) in [6.07, 6.45) is 0. The Morgan fingerprint density at radius 2 is 0.714 bits per heavy atom. The molecule has 0 fully saturated rings. The highest BCUT2D eigenvalue weighted by molar-refractivity contribution is 7.70. The summed E-state index contributed by atoms with van der Waals surface area (Å²) in [5.74, 6) is 0. The summed E-state index contributed by atoms with van der Waals surface area (Å²) in [5.41, 5.74) is 9.09. The second-order valence-electron chi connectivity index (χ2n) is 11.7. The molecule has 0 aliphatic carbocycles. The lowest BCUT2D eigenvalue weighted by molar-refractivity contribution is 0.587. The van der Waals surface area contributed by atoms with Crippen molar-refractivity contribution in [2.45, 2.75) is 0 Å². The fourth-order valence-electron chi connectivity index (χ4n) is 5.53. The average Bonchev–Trinajstić information content (AvgIpc) is 3.00. The van der Waals surface area contributed by atoms with E-state index in [1.165, 1.54) is 21.9 Å². The number of fused-ring (bicyclic) bond motifs is 1. The molecule has 0 unspecified atom stereocenters. The summed E-state index contributed by atoms with van der Waals surface area (Å²) >= 11 is 0. The van der Waals surface area contributed by atoms with Crippen LogP contribution >= 0.6 is 14.3 Å². The third-order valence-corrected chi connectivity index (χ3v) is 11.0. The molecule has 0 N–H and O–H groups in total. The van der Waals surface area contributed by atoms with Crippen molar-refractivity contribution in [1.82, 2.24) is 0 Å². The van der Waals surface area contributed by atoms with Gasteiger partial charge >= 0.3 is 0 Å². The number of benzene rings is 6. The minimum absolute atomic E-state index is 0.903. The van der Waals surface area contributed by atoms with Crippen LogP contribution in [0.15, 0.2) is 133 Å². The molecule has 0 saturated heterocycles. The largest absolute Gasteiger partial charge is 0.319 e. The molecule has 0 bridgehead atoms. The second kappa shape index (κ2) is 11.0. The zero-order chi connectivity index (χ0) is 29.5. The fraction of sp³-hybridized carbons (Fsp3) is 0.105. The topological polar surface area (TPSA) is 34.1 Å². The summed E-state index contributed by atoms with van der Waals surface area (Å²) in [6.45, 7) is 7.26. The molecular formula is C38H34O2P2. The highest BCUT2D eigenvalue weighted by Crippen LogP contribution is 2.39. The van der Waals surface area contributed by atoms with Crippen LogP contribution in [0.1, 0.15) is 0 Å². The first-order valence-electron chi connectivity index (χ1n) is 14.1. The van der Waals surface area contributed by atoms with Crippen LogP contribution in [0.3, 0.4) is 0 Å². The number of rotatable bonds is 6. The summed E-state index contributed by atoms with van der Waals surface area (Å²) < 4.78 is 25.2. The van der Waals surface area contributed by atoms with E-state index in [0.29, 0.717) is 0 Å². The van der Waals surface area contributed by atoms with Gasteiger partial charge in [0.1, 0.15) is 14.3 Å². The Balaban J connectivity index is 1.34. The van der Waals surface area contributed by atoms with Crippen LogP contribution in [0.4, 0.5) is 0 Å². The van der Waals surface area contributed by atoms with Gasteiger partial charge in [0.2, 0.25) is 0 Å². The Hall–Kier alpha value is -3.96. The second-order valence-corrected chi connectivity index (χ2v) is 18.1. The molecule has 2 nitrogen and oxygen atoms in total.